The van der Waals surface area contributed by atoms with Crippen molar-refractivity contribution in [2.45, 2.75) is 58.0 Å². The molecule has 0 spiro atoms. The molecule has 0 aliphatic heterocycles. The standard InChI is InChI=1S/C19H24FN5O3/c1-13(17-15(20)6-5-9-21-17)22-16(26)12-25-11-14(23-24-25)10-19(18(27)28)7-3-2-4-8-19/h5-6,9,11,13H,2-4,7-8,10,12H2,1H3,(H,22,26)(H,27,28). The summed E-state index contributed by atoms with van der Waals surface area (Å²) < 4.78 is 15.1. The summed E-state index contributed by atoms with van der Waals surface area (Å²) in [6.07, 6.45) is 7.47. The van der Waals surface area contributed by atoms with Gasteiger partial charge in [0.1, 0.15) is 12.4 Å². The Labute approximate surface area is 162 Å². The van der Waals surface area contributed by atoms with Crippen molar-refractivity contribution < 1.29 is 19.1 Å². The van der Waals surface area contributed by atoms with Crippen molar-refractivity contribution >= 4 is 11.9 Å². The molecule has 1 aliphatic rings. The van der Waals surface area contributed by atoms with E-state index in [1.807, 2.05) is 0 Å². The summed E-state index contributed by atoms with van der Waals surface area (Å²) in [4.78, 5) is 28.0. The van der Waals surface area contributed by atoms with Crippen molar-refractivity contribution in [2.24, 2.45) is 5.41 Å². The summed E-state index contributed by atoms with van der Waals surface area (Å²) >= 11 is 0. The number of rotatable bonds is 7. The first-order chi connectivity index (χ1) is 13.4. The van der Waals surface area contributed by atoms with Crippen LogP contribution in [-0.2, 0) is 22.6 Å². The van der Waals surface area contributed by atoms with Gasteiger partial charge in [0, 0.05) is 18.8 Å². The molecule has 150 valence electrons. The van der Waals surface area contributed by atoms with Gasteiger partial charge in [0.15, 0.2) is 0 Å². The molecule has 2 aromatic heterocycles. The van der Waals surface area contributed by atoms with Gasteiger partial charge in [-0.2, -0.15) is 0 Å². The maximum absolute atomic E-state index is 13.8. The summed E-state index contributed by atoms with van der Waals surface area (Å²) in [6.45, 7) is 1.56. The Morgan fingerprint density at radius 1 is 1.36 bits per heavy atom. The van der Waals surface area contributed by atoms with Gasteiger partial charge in [0.25, 0.3) is 0 Å². The van der Waals surface area contributed by atoms with Gasteiger partial charge in [-0.1, -0.05) is 24.5 Å². The highest BCUT2D eigenvalue weighted by Gasteiger charge is 2.40. The molecule has 8 nitrogen and oxygen atoms in total. The molecule has 2 aromatic rings. The van der Waals surface area contributed by atoms with Crippen LogP contribution in [0.25, 0.3) is 0 Å². The quantitative estimate of drug-likeness (QED) is 0.752. The average molecular weight is 389 g/mol. The maximum atomic E-state index is 13.8. The second-order valence-electron chi connectivity index (χ2n) is 7.39. The zero-order valence-corrected chi connectivity index (χ0v) is 15.8. The van der Waals surface area contributed by atoms with Crippen LogP contribution in [0.15, 0.2) is 24.5 Å². The van der Waals surface area contributed by atoms with Crippen molar-refractivity contribution in [3.63, 3.8) is 0 Å². The van der Waals surface area contributed by atoms with Crippen LogP contribution >= 0.6 is 0 Å². The summed E-state index contributed by atoms with van der Waals surface area (Å²) in [5.41, 5.74) is -0.0800. The summed E-state index contributed by atoms with van der Waals surface area (Å²) in [5.74, 6) is -1.64. The molecule has 2 heterocycles. The number of hydrogen-bond acceptors (Lipinski definition) is 5. The second kappa shape index (κ2) is 8.45. The molecule has 1 amide bonds. The minimum absolute atomic E-state index is 0.0914. The van der Waals surface area contributed by atoms with Crippen molar-refractivity contribution in [3.8, 4) is 0 Å². The van der Waals surface area contributed by atoms with Gasteiger partial charge in [-0.25, -0.2) is 9.07 Å². The normalized spacial score (nSPS) is 17.1. The van der Waals surface area contributed by atoms with Crippen molar-refractivity contribution in [2.75, 3.05) is 0 Å². The number of pyridine rings is 1. The smallest absolute Gasteiger partial charge is 0.310 e. The van der Waals surface area contributed by atoms with Crippen LogP contribution < -0.4 is 5.32 Å². The van der Waals surface area contributed by atoms with Crippen LogP contribution in [0.3, 0.4) is 0 Å². The van der Waals surface area contributed by atoms with E-state index in [2.05, 4.69) is 20.6 Å². The number of carbonyl (C=O) groups excluding carboxylic acids is 1. The van der Waals surface area contributed by atoms with E-state index in [0.717, 1.165) is 19.3 Å². The van der Waals surface area contributed by atoms with Gasteiger partial charge in [0.05, 0.1) is 22.8 Å². The first kappa shape index (κ1) is 19.9. The van der Waals surface area contributed by atoms with Crippen molar-refractivity contribution in [1.29, 1.82) is 0 Å². The number of carboxylic acids is 1. The summed E-state index contributed by atoms with van der Waals surface area (Å²) in [7, 11) is 0. The largest absolute Gasteiger partial charge is 0.481 e. The van der Waals surface area contributed by atoms with Crippen molar-refractivity contribution in [3.05, 3.63) is 41.7 Å². The highest BCUT2D eigenvalue weighted by molar-refractivity contribution is 5.76. The topological polar surface area (TPSA) is 110 Å². The zero-order valence-electron chi connectivity index (χ0n) is 15.8. The van der Waals surface area contributed by atoms with Gasteiger partial charge in [0.2, 0.25) is 5.91 Å². The number of nitrogens with zero attached hydrogens (tertiary/aromatic N) is 4. The number of amides is 1. The molecular weight excluding hydrogens is 365 g/mol. The monoisotopic (exact) mass is 389 g/mol. The molecule has 9 heteroatoms. The molecule has 1 unspecified atom stereocenters. The van der Waals surface area contributed by atoms with Gasteiger partial charge in [-0.05, 0) is 31.9 Å². The number of carbonyl (C=O) groups is 2. The predicted octanol–water partition coefficient (Wildman–Crippen LogP) is 2.27. The third-order valence-corrected chi connectivity index (χ3v) is 5.25. The lowest BCUT2D eigenvalue weighted by molar-refractivity contribution is -0.151. The van der Waals surface area contributed by atoms with E-state index in [1.165, 1.54) is 23.0 Å². The minimum atomic E-state index is -0.800. The van der Waals surface area contributed by atoms with E-state index in [1.54, 1.807) is 13.1 Å². The minimum Gasteiger partial charge on any atom is -0.481 e. The fourth-order valence-corrected chi connectivity index (χ4v) is 3.76. The lowest BCUT2D eigenvalue weighted by atomic mass is 9.71. The second-order valence-corrected chi connectivity index (χ2v) is 7.39. The van der Waals surface area contributed by atoms with E-state index < -0.39 is 23.2 Å². The Balaban J connectivity index is 1.60. The predicted molar refractivity (Wildman–Crippen MR) is 97.6 cm³/mol. The maximum Gasteiger partial charge on any atom is 0.310 e. The van der Waals surface area contributed by atoms with Gasteiger partial charge >= 0.3 is 5.97 Å². The number of hydrogen-bond donors (Lipinski definition) is 2. The molecule has 0 radical (unpaired) electrons. The molecule has 1 aliphatic carbocycles. The molecule has 1 saturated carbocycles. The molecule has 0 aromatic carbocycles. The van der Waals surface area contributed by atoms with E-state index >= 15 is 0 Å². The van der Waals surface area contributed by atoms with Crippen LogP contribution in [0.2, 0.25) is 0 Å². The average Bonchev–Trinajstić information content (AvgIpc) is 3.09. The summed E-state index contributed by atoms with van der Waals surface area (Å²) in [5, 5.41) is 20.3. The van der Waals surface area contributed by atoms with E-state index in [9.17, 15) is 19.1 Å². The van der Waals surface area contributed by atoms with Crippen LogP contribution in [0.5, 0.6) is 0 Å². The molecule has 2 N–H and O–H groups in total. The first-order valence-electron chi connectivity index (χ1n) is 9.42. The highest BCUT2D eigenvalue weighted by atomic mass is 19.1. The Bertz CT molecular complexity index is 848. The zero-order chi connectivity index (χ0) is 20.1. The number of aliphatic carboxylic acids is 1. The fourth-order valence-electron chi connectivity index (χ4n) is 3.76. The number of carboxylic acid groups (broad SMARTS) is 1. The third kappa shape index (κ3) is 4.52. The van der Waals surface area contributed by atoms with Crippen molar-refractivity contribution in [1.82, 2.24) is 25.3 Å². The first-order valence-corrected chi connectivity index (χ1v) is 9.42. The Kier molecular flexibility index (Phi) is 6.01. The van der Waals surface area contributed by atoms with Crippen LogP contribution in [0, 0.1) is 11.2 Å². The SMILES string of the molecule is CC(NC(=O)Cn1cc(CC2(C(=O)O)CCCCC2)nn1)c1ncccc1F. The fraction of sp³-hybridized carbons (Fsp3) is 0.526. The van der Waals surface area contributed by atoms with Crippen LogP contribution in [0.4, 0.5) is 4.39 Å². The number of nitrogens with one attached hydrogen (secondary N) is 1. The molecule has 3 rings (SSSR count). The Morgan fingerprint density at radius 2 is 2.11 bits per heavy atom. The Hall–Kier alpha value is -2.84. The highest BCUT2D eigenvalue weighted by Crippen LogP contribution is 2.39. The van der Waals surface area contributed by atoms with Gasteiger partial charge in [-0.3, -0.25) is 14.6 Å². The molecule has 1 atom stereocenters. The summed E-state index contributed by atoms with van der Waals surface area (Å²) in [6, 6.07) is 2.19. The molecule has 1 fully saturated rings. The number of aromatic nitrogens is 4. The van der Waals surface area contributed by atoms with Crippen LogP contribution in [-0.4, -0.2) is 37.0 Å². The van der Waals surface area contributed by atoms with E-state index in [-0.39, 0.29) is 18.1 Å². The van der Waals surface area contributed by atoms with Crippen LogP contribution in [0.1, 0.15) is 56.5 Å². The lowest BCUT2D eigenvalue weighted by Gasteiger charge is -2.32. The van der Waals surface area contributed by atoms with E-state index in [4.69, 9.17) is 0 Å². The Morgan fingerprint density at radius 3 is 2.79 bits per heavy atom. The van der Waals surface area contributed by atoms with E-state index in [0.29, 0.717) is 25.0 Å². The van der Waals surface area contributed by atoms with Gasteiger partial charge in [-0.15, -0.1) is 5.10 Å². The molecule has 0 bridgehead atoms. The molecular formula is C19H24FN5O3. The molecule has 0 saturated heterocycles. The lowest BCUT2D eigenvalue weighted by Crippen LogP contribution is -2.35. The third-order valence-electron chi connectivity index (χ3n) is 5.25. The molecule has 28 heavy (non-hydrogen) atoms. The van der Waals surface area contributed by atoms with Gasteiger partial charge < -0.3 is 10.4 Å². The number of halogens is 1.